The van der Waals surface area contributed by atoms with Crippen LogP contribution in [0.4, 0.5) is 17.1 Å². The minimum absolute atomic E-state index is 0.906. The topological polar surface area (TPSA) is 16.4 Å². The van der Waals surface area contributed by atoms with Gasteiger partial charge in [-0.05, 0) is 120 Å². The zero-order valence-electron chi connectivity index (χ0n) is 33.9. The van der Waals surface area contributed by atoms with Crippen LogP contribution in [-0.2, 0) is 0 Å². The molecule has 0 unspecified atom stereocenters. The molecule has 0 aliphatic rings. The molecule has 62 heavy (non-hydrogen) atoms. The van der Waals surface area contributed by atoms with Crippen molar-refractivity contribution in [3.05, 3.63) is 237 Å². The van der Waals surface area contributed by atoms with Crippen LogP contribution < -0.4 is 4.90 Å². The fraction of sp³-hybridized carbons (Fsp3) is 0. The van der Waals surface area contributed by atoms with E-state index in [-0.39, 0.29) is 0 Å². The average Bonchev–Trinajstić information content (AvgIpc) is 3.74. The number of rotatable bonds is 7. The molecule has 0 saturated carbocycles. The molecule has 0 radical (unpaired) electrons. The van der Waals surface area contributed by atoms with Gasteiger partial charge in [-0.1, -0.05) is 188 Å². The van der Waals surface area contributed by atoms with Gasteiger partial charge in [-0.3, -0.25) is 0 Å². The summed E-state index contributed by atoms with van der Waals surface area (Å²) in [6.07, 6.45) is 0. The van der Waals surface area contributed by atoms with Crippen molar-refractivity contribution in [3.8, 4) is 44.5 Å². The van der Waals surface area contributed by atoms with E-state index in [0.717, 1.165) is 55.7 Å². The zero-order chi connectivity index (χ0) is 41.0. The van der Waals surface area contributed by atoms with Gasteiger partial charge in [0.1, 0.15) is 11.2 Å². The number of furan rings is 1. The van der Waals surface area contributed by atoms with Gasteiger partial charge in [0.25, 0.3) is 0 Å². The molecule has 2 heteroatoms. The standard InChI is InChI=1S/C60H39NO/c1-3-15-43(16-4-1)58-54-22-10-9-20-51(54)52-37-31-46(39-56(52)59(58)44-17-5-2-6-18-44)41-26-32-47(33-27-41)61(49-36-28-40-14-7-8-19-45(40)38-49)48-34-29-42(30-35-48)50-23-13-24-55-53-21-11-12-25-57(53)62-60(50)55/h1-39H. The van der Waals surface area contributed by atoms with Gasteiger partial charge < -0.3 is 9.32 Å². The Morgan fingerprint density at radius 2 is 0.806 bits per heavy atom. The van der Waals surface area contributed by atoms with Crippen molar-refractivity contribution in [2.45, 2.75) is 0 Å². The van der Waals surface area contributed by atoms with Crippen LogP contribution in [0.2, 0.25) is 0 Å². The first-order valence-electron chi connectivity index (χ1n) is 21.2. The number of fused-ring (bicyclic) bond motifs is 7. The Labute approximate surface area is 360 Å². The molecular weight excluding hydrogens is 751 g/mol. The van der Waals surface area contributed by atoms with E-state index in [0.29, 0.717) is 0 Å². The van der Waals surface area contributed by atoms with Crippen LogP contribution >= 0.6 is 0 Å². The third-order valence-corrected chi connectivity index (χ3v) is 12.4. The molecule has 0 aliphatic carbocycles. The number of benzene rings is 11. The van der Waals surface area contributed by atoms with Crippen LogP contribution in [0.3, 0.4) is 0 Å². The lowest BCUT2D eigenvalue weighted by Crippen LogP contribution is -2.09. The van der Waals surface area contributed by atoms with Crippen LogP contribution in [0.1, 0.15) is 0 Å². The van der Waals surface area contributed by atoms with Crippen molar-refractivity contribution in [3.63, 3.8) is 0 Å². The molecule has 12 aromatic rings. The second kappa shape index (κ2) is 14.8. The maximum absolute atomic E-state index is 6.43. The molecule has 0 bridgehead atoms. The Morgan fingerprint density at radius 1 is 0.274 bits per heavy atom. The fourth-order valence-corrected chi connectivity index (χ4v) is 9.51. The highest BCUT2D eigenvalue weighted by Crippen LogP contribution is 2.46. The Hall–Kier alpha value is -8.20. The van der Waals surface area contributed by atoms with Crippen LogP contribution in [-0.4, -0.2) is 0 Å². The second-order valence-corrected chi connectivity index (χ2v) is 16.0. The fourth-order valence-electron chi connectivity index (χ4n) is 9.51. The van der Waals surface area contributed by atoms with Crippen LogP contribution in [0.5, 0.6) is 0 Å². The van der Waals surface area contributed by atoms with Crippen LogP contribution in [0.15, 0.2) is 241 Å². The van der Waals surface area contributed by atoms with Gasteiger partial charge in [0.15, 0.2) is 0 Å². The van der Waals surface area contributed by atoms with Gasteiger partial charge in [0.05, 0.1) is 0 Å². The predicted octanol–water partition coefficient (Wildman–Crippen LogP) is 17.2. The largest absolute Gasteiger partial charge is 0.455 e. The SMILES string of the molecule is c1ccc(-c2c(-c3ccccc3)c3cc(-c4ccc(N(c5ccc(-c6cccc7c6oc6ccccc67)cc5)c5ccc6ccccc6c5)cc4)ccc3c3ccccc23)cc1. The van der Waals surface area contributed by atoms with Crippen molar-refractivity contribution in [2.24, 2.45) is 0 Å². The first-order chi connectivity index (χ1) is 30.7. The van der Waals surface area contributed by atoms with E-state index >= 15 is 0 Å². The normalized spacial score (nSPS) is 11.5. The van der Waals surface area contributed by atoms with E-state index in [9.17, 15) is 0 Å². The highest BCUT2D eigenvalue weighted by molar-refractivity contribution is 6.22. The van der Waals surface area contributed by atoms with E-state index in [1.54, 1.807) is 0 Å². The van der Waals surface area contributed by atoms with E-state index in [4.69, 9.17) is 4.42 Å². The zero-order valence-corrected chi connectivity index (χ0v) is 33.9. The van der Waals surface area contributed by atoms with Crippen molar-refractivity contribution in [2.75, 3.05) is 4.90 Å². The summed E-state index contributed by atoms with van der Waals surface area (Å²) in [5, 5.41) is 9.70. The van der Waals surface area contributed by atoms with Crippen LogP contribution in [0.25, 0.3) is 98.8 Å². The van der Waals surface area contributed by atoms with Crippen molar-refractivity contribution >= 4 is 71.3 Å². The van der Waals surface area contributed by atoms with Crippen molar-refractivity contribution in [1.82, 2.24) is 0 Å². The highest BCUT2D eigenvalue weighted by atomic mass is 16.3. The van der Waals surface area contributed by atoms with E-state index in [1.807, 2.05) is 12.1 Å². The number of anilines is 3. The monoisotopic (exact) mass is 789 g/mol. The first-order valence-corrected chi connectivity index (χ1v) is 21.2. The summed E-state index contributed by atoms with van der Waals surface area (Å²) in [6, 6.07) is 85.5. The van der Waals surface area contributed by atoms with E-state index in [1.165, 1.54) is 60.1 Å². The Balaban J connectivity index is 0.980. The Bertz CT molecular complexity index is 3610. The third kappa shape index (κ3) is 6.04. The molecule has 0 saturated heterocycles. The molecule has 12 rings (SSSR count). The summed E-state index contributed by atoms with van der Waals surface area (Å²) >= 11 is 0. The Kier molecular flexibility index (Phi) is 8.53. The highest BCUT2D eigenvalue weighted by Gasteiger charge is 2.20. The lowest BCUT2D eigenvalue weighted by atomic mass is 9.84. The molecule has 2 nitrogen and oxygen atoms in total. The molecule has 0 fully saturated rings. The maximum atomic E-state index is 6.43. The van der Waals surface area contributed by atoms with Gasteiger partial charge in [-0.25, -0.2) is 0 Å². The summed E-state index contributed by atoms with van der Waals surface area (Å²) in [6.45, 7) is 0. The maximum Gasteiger partial charge on any atom is 0.143 e. The molecule has 0 aliphatic heterocycles. The molecule has 0 spiro atoms. The number of nitrogens with zero attached hydrogens (tertiary/aromatic N) is 1. The quantitative estimate of drug-likeness (QED) is 0.150. The molecule has 1 heterocycles. The van der Waals surface area contributed by atoms with Crippen molar-refractivity contribution in [1.29, 1.82) is 0 Å². The smallest absolute Gasteiger partial charge is 0.143 e. The molecule has 0 atom stereocenters. The predicted molar refractivity (Wildman–Crippen MR) is 263 cm³/mol. The van der Waals surface area contributed by atoms with E-state index in [2.05, 4.69) is 229 Å². The number of para-hydroxylation sites is 2. The molecule has 1 aromatic heterocycles. The molecule has 0 amide bonds. The summed E-state index contributed by atoms with van der Waals surface area (Å²) in [5.41, 5.74) is 14.6. The summed E-state index contributed by atoms with van der Waals surface area (Å²) in [5.74, 6) is 0. The first kappa shape index (κ1) is 35.7. The number of hydrogen-bond acceptors (Lipinski definition) is 2. The molecule has 290 valence electrons. The average molecular weight is 790 g/mol. The lowest BCUT2D eigenvalue weighted by Gasteiger charge is -2.26. The van der Waals surface area contributed by atoms with Gasteiger partial charge >= 0.3 is 0 Å². The van der Waals surface area contributed by atoms with E-state index < -0.39 is 0 Å². The minimum Gasteiger partial charge on any atom is -0.455 e. The minimum atomic E-state index is 0.906. The van der Waals surface area contributed by atoms with Gasteiger partial charge in [-0.15, -0.1) is 0 Å². The number of hydrogen-bond donors (Lipinski definition) is 0. The van der Waals surface area contributed by atoms with Crippen LogP contribution in [0, 0.1) is 0 Å². The van der Waals surface area contributed by atoms with Gasteiger partial charge in [-0.2, -0.15) is 0 Å². The molecule has 11 aromatic carbocycles. The Morgan fingerprint density at radius 3 is 1.53 bits per heavy atom. The summed E-state index contributed by atoms with van der Waals surface area (Å²) in [4.78, 5) is 2.36. The van der Waals surface area contributed by atoms with Crippen molar-refractivity contribution < 1.29 is 4.42 Å². The lowest BCUT2D eigenvalue weighted by molar-refractivity contribution is 0.670. The molecular formula is C60H39NO. The summed E-state index contributed by atoms with van der Waals surface area (Å²) < 4.78 is 6.43. The van der Waals surface area contributed by atoms with Gasteiger partial charge in [0.2, 0.25) is 0 Å². The molecule has 0 N–H and O–H groups in total. The third-order valence-electron chi connectivity index (χ3n) is 12.4. The van der Waals surface area contributed by atoms with Gasteiger partial charge in [0, 0.05) is 33.4 Å². The summed E-state index contributed by atoms with van der Waals surface area (Å²) in [7, 11) is 0. The second-order valence-electron chi connectivity index (χ2n) is 16.0.